The van der Waals surface area contributed by atoms with E-state index in [9.17, 15) is 4.79 Å². The Labute approximate surface area is 87.2 Å². The molecule has 0 saturated heterocycles. The standard InChI is InChI=1S/C11H11N3O/c1-8-3-5-10(7-12-8)14-11(15)6-4-9(2)13-14/h3-7H,1-2H3. The van der Waals surface area contributed by atoms with Crippen molar-refractivity contribution in [3.8, 4) is 5.69 Å². The third-order valence-electron chi connectivity index (χ3n) is 2.07. The minimum absolute atomic E-state index is 0.147. The lowest BCUT2D eigenvalue weighted by molar-refractivity contribution is 0.780. The van der Waals surface area contributed by atoms with Crippen LogP contribution in [0.3, 0.4) is 0 Å². The predicted octanol–water partition coefficient (Wildman–Crippen LogP) is 1.24. The highest BCUT2D eigenvalue weighted by molar-refractivity contribution is 5.28. The van der Waals surface area contributed by atoms with Crippen molar-refractivity contribution in [1.29, 1.82) is 0 Å². The molecule has 0 fully saturated rings. The van der Waals surface area contributed by atoms with Crippen molar-refractivity contribution in [2.24, 2.45) is 0 Å². The monoisotopic (exact) mass is 201 g/mol. The Hall–Kier alpha value is -1.97. The Morgan fingerprint density at radius 3 is 2.47 bits per heavy atom. The van der Waals surface area contributed by atoms with Crippen LogP contribution in [0.4, 0.5) is 0 Å². The van der Waals surface area contributed by atoms with Crippen LogP contribution in [-0.2, 0) is 0 Å². The largest absolute Gasteiger partial charge is 0.271 e. The number of rotatable bonds is 1. The van der Waals surface area contributed by atoms with E-state index < -0.39 is 0 Å². The van der Waals surface area contributed by atoms with Crippen molar-refractivity contribution in [3.63, 3.8) is 0 Å². The molecule has 2 aromatic rings. The van der Waals surface area contributed by atoms with Crippen LogP contribution < -0.4 is 5.56 Å². The van der Waals surface area contributed by atoms with E-state index in [2.05, 4.69) is 10.1 Å². The maximum Gasteiger partial charge on any atom is 0.271 e. The summed E-state index contributed by atoms with van der Waals surface area (Å²) in [5.74, 6) is 0. The maximum absolute atomic E-state index is 11.5. The van der Waals surface area contributed by atoms with Crippen LogP contribution in [0, 0.1) is 13.8 Å². The van der Waals surface area contributed by atoms with Gasteiger partial charge in [-0.15, -0.1) is 0 Å². The molecule has 0 N–H and O–H groups in total. The molecule has 4 nitrogen and oxygen atoms in total. The normalized spacial score (nSPS) is 10.3. The number of aromatic nitrogens is 3. The fourth-order valence-corrected chi connectivity index (χ4v) is 1.27. The molecular weight excluding hydrogens is 190 g/mol. The quantitative estimate of drug-likeness (QED) is 0.697. The van der Waals surface area contributed by atoms with Crippen molar-refractivity contribution < 1.29 is 0 Å². The van der Waals surface area contributed by atoms with Gasteiger partial charge in [-0.2, -0.15) is 9.78 Å². The molecule has 0 bridgehead atoms. The van der Waals surface area contributed by atoms with Crippen molar-refractivity contribution in [1.82, 2.24) is 14.8 Å². The third kappa shape index (κ3) is 1.93. The lowest BCUT2D eigenvalue weighted by Crippen LogP contribution is -2.20. The first kappa shape index (κ1) is 9.58. The van der Waals surface area contributed by atoms with Crippen molar-refractivity contribution in [2.45, 2.75) is 13.8 Å². The molecule has 0 aliphatic carbocycles. The maximum atomic E-state index is 11.5. The number of hydrogen-bond donors (Lipinski definition) is 0. The summed E-state index contributed by atoms with van der Waals surface area (Å²) < 4.78 is 1.35. The van der Waals surface area contributed by atoms with Gasteiger partial charge in [0, 0.05) is 11.8 Å². The second-order valence-corrected chi connectivity index (χ2v) is 3.38. The van der Waals surface area contributed by atoms with Crippen LogP contribution in [0.25, 0.3) is 5.69 Å². The van der Waals surface area contributed by atoms with E-state index in [-0.39, 0.29) is 5.56 Å². The first-order valence-electron chi connectivity index (χ1n) is 4.67. The molecule has 0 aliphatic rings. The van der Waals surface area contributed by atoms with Crippen molar-refractivity contribution >= 4 is 0 Å². The van der Waals surface area contributed by atoms with Gasteiger partial charge in [0.2, 0.25) is 0 Å². The second-order valence-electron chi connectivity index (χ2n) is 3.38. The summed E-state index contributed by atoms with van der Waals surface area (Å²) in [5.41, 5.74) is 2.26. The third-order valence-corrected chi connectivity index (χ3v) is 2.07. The molecule has 0 unspecified atom stereocenters. The molecule has 0 amide bonds. The molecule has 15 heavy (non-hydrogen) atoms. The minimum atomic E-state index is -0.147. The summed E-state index contributed by atoms with van der Waals surface area (Å²) in [5, 5.41) is 4.14. The lowest BCUT2D eigenvalue weighted by Gasteiger charge is -2.04. The van der Waals surface area contributed by atoms with E-state index in [1.807, 2.05) is 26.0 Å². The zero-order chi connectivity index (χ0) is 10.8. The van der Waals surface area contributed by atoms with Crippen LogP contribution in [-0.4, -0.2) is 14.8 Å². The summed E-state index contributed by atoms with van der Waals surface area (Å²) in [7, 11) is 0. The molecule has 0 aromatic carbocycles. The van der Waals surface area contributed by atoms with Crippen LogP contribution in [0.5, 0.6) is 0 Å². The topological polar surface area (TPSA) is 47.8 Å². The predicted molar refractivity (Wildman–Crippen MR) is 57.1 cm³/mol. The van der Waals surface area contributed by atoms with Gasteiger partial charge >= 0.3 is 0 Å². The van der Waals surface area contributed by atoms with Gasteiger partial charge < -0.3 is 0 Å². The van der Waals surface area contributed by atoms with Gasteiger partial charge in [0.15, 0.2) is 0 Å². The zero-order valence-electron chi connectivity index (χ0n) is 8.64. The SMILES string of the molecule is Cc1ccc(-n2nc(C)ccc2=O)cn1. The summed E-state index contributed by atoms with van der Waals surface area (Å²) in [6.45, 7) is 3.74. The lowest BCUT2D eigenvalue weighted by atomic mass is 10.3. The molecule has 0 spiro atoms. The van der Waals surface area contributed by atoms with Crippen molar-refractivity contribution in [2.75, 3.05) is 0 Å². The fourth-order valence-electron chi connectivity index (χ4n) is 1.27. The Kier molecular flexibility index (Phi) is 2.33. The van der Waals surface area contributed by atoms with E-state index in [0.717, 1.165) is 11.4 Å². The molecule has 0 atom stereocenters. The minimum Gasteiger partial charge on any atom is -0.267 e. The Morgan fingerprint density at radius 2 is 1.80 bits per heavy atom. The average molecular weight is 201 g/mol. The Bertz CT molecular complexity index is 528. The summed E-state index contributed by atoms with van der Waals surface area (Å²) >= 11 is 0. The molecule has 2 rings (SSSR count). The molecule has 0 radical (unpaired) electrons. The molecule has 2 aromatic heterocycles. The van der Waals surface area contributed by atoms with E-state index in [0.29, 0.717) is 5.69 Å². The number of nitrogens with zero attached hydrogens (tertiary/aromatic N) is 3. The fraction of sp³-hybridized carbons (Fsp3) is 0.182. The first-order chi connectivity index (χ1) is 7.16. The highest BCUT2D eigenvalue weighted by atomic mass is 16.1. The van der Waals surface area contributed by atoms with Gasteiger partial charge in [0.05, 0.1) is 17.6 Å². The van der Waals surface area contributed by atoms with E-state index in [1.165, 1.54) is 10.7 Å². The zero-order valence-corrected chi connectivity index (χ0v) is 8.64. The number of aryl methyl sites for hydroxylation is 2. The number of hydrogen-bond acceptors (Lipinski definition) is 3. The molecule has 4 heteroatoms. The van der Waals surface area contributed by atoms with Gasteiger partial charge in [0.25, 0.3) is 5.56 Å². The molecule has 2 heterocycles. The Balaban J connectivity index is 2.58. The van der Waals surface area contributed by atoms with Gasteiger partial charge in [-0.3, -0.25) is 9.78 Å². The molecule has 0 saturated carbocycles. The molecule has 76 valence electrons. The Morgan fingerprint density at radius 1 is 1.07 bits per heavy atom. The van der Waals surface area contributed by atoms with Crippen molar-refractivity contribution in [3.05, 3.63) is 52.2 Å². The molecule has 0 aliphatic heterocycles. The average Bonchev–Trinajstić information content (AvgIpc) is 2.23. The van der Waals surface area contributed by atoms with E-state index >= 15 is 0 Å². The van der Waals surface area contributed by atoms with Gasteiger partial charge in [-0.1, -0.05) is 0 Å². The number of pyridine rings is 1. The summed E-state index contributed by atoms with van der Waals surface area (Å²) in [6.07, 6.45) is 1.64. The first-order valence-corrected chi connectivity index (χ1v) is 4.67. The van der Waals surface area contributed by atoms with Crippen LogP contribution >= 0.6 is 0 Å². The van der Waals surface area contributed by atoms with E-state index in [4.69, 9.17) is 0 Å². The highest BCUT2D eigenvalue weighted by Gasteiger charge is 2.00. The summed E-state index contributed by atoms with van der Waals surface area (Å²) in [4.78, 5) is 15.7. The van der Waals surface area contributed by atoms with Crippen LogP contribution in [0.2, 0.25) is 0 Å². The van der Waals surface area contributed by atoms with Gasteiger partial charge in [-0.05, 0) is 32.0 Å². The highest BCUT2D eigenvalue weighted by Crippen LogP contribution is 2.02. The van der Waals surface area contributed by atoms with E-state index in [1.54, 1.807) is 12.3 Å². The smallest absolute Gasteiger partial charge is 0.267 e. The summed E-state index contributed by atoms with van der Waals surface area (Å²) in [6, 6.07) is 6.88. The van der Waals surface area contributed by atoms with Gasteiger partial charge in [-0.25, -0.2) is 0 Å². The molecular formula is C11H11N3O. The van der Waals surface area contributed by atoms with Crippen LogP contribution in [0.1, 0.15) is 11.4 Å². The van der Waals surface area contributed by atoms with Gasteiger partial charge in [0.1, 0.15) is 0 Å². The van der Waals surface area contributed by atoms with Crippen LogP contribution in [0.15, 0.2) is 35.3 Å². The second kappa shape index (κ2) is 3.65.